The van der Waals surface area contributed by atoms with Gasteiger partial charge in [0.2, 0.25) is 11.8 Å². The van der Waals surface area contributed by atoms with Crippen LogP contribution in [0.25, 0.3) is 11.3 Å². The molecule has 0 atom stereocenters. The lowest BCUT2D eigenvalue weighted by Crippen LogP contribution is -2.33. The van der Waals surface area contributed by atoms with Crippen LogP contribution in [0.2, 0.25) is 0 Å². The van der Waals surface area contributed by atoms with Crippen molar-refractivity contribution >= 4 is 33.3 Å². The summed E-state index contributed by atoms with van der Waals surface area (Å²) in [6.45, 7) is 3.53. The van der Waals surface area contributed by atoms with E-state index in [0.717, 1.165) is 57.7 Å². The van der Waals surface area contributed by atoms with Gasteiger partial charge in [-0.15, -0.1) is 0 Å². The minimum atomic E-state index is -0.909. The Kier molecular flexibility index (Phi) is 10.6. The molecule has 2 aliphatic heterocycles. The van der Waals surface area contributed by atoms with E-state index in [4.69, 9.17) is 4.74 Å². The number of aromatic nitrogens is 2. The van der Waals surface area contributed by atoms with Gasteiger partial charge in [-0.05, 0) is 78.4 Å². The van der Waals surface area contributed by atoms with Crippen molar-refractivity contribution in [1.82, 2.24) is 19.4 Å². The molecule has 3 aromatic carbocycles. The first-order valence-electron chi connectivity index (χ1n) is 14.7. The zero-order valence-corrected chi connectivity index (χ0v) is 27.2. The van der Waals surface area contributed by atoms with Crippen LogP contribution in [0.4, 0.5) is 17.6 Å². The van der Waals surface area contributed by atoms with E-state index in [2.05, 4.69) is 20.9 Å². The number of carbonyl (C=O) groups excluding carboxylic acids is 2. The van der Waals surface area contributed by atoms with Crippen LogP contribution in [-0.4, -0.2) is 51.4 Å². The summed E-state index contributed by atoms with van der Waals surface area (Å²) < 4.78 is 60.6. The molecular weight excluding hydrogens is 680 g/mol. The van der Waals surface area contributed by atoms with Crippen LogP contribution >= 0.6 is 15.9 Å². The average Bonchev–Trinajstić information content (AvgIpc) is 3.49. The van der Waals surface area contributed by atoms with Crippen molar-refractivity contribution in [1.29, 1.82) is 0 Å². The van der Waals surface area contributed by atoms with Gasteiger partial charge in [-0.1, -0.05) is 34.1 Å². The molecule has 0 fully saturated rings. The second-order valence-corrected chi connectivity index (χ2v) is 12.1. The molecule has 2 aliphatic rings. The monoisotopic (exact) mass is 710 g/mol. The summed E-state index contributed by atoms with van der Waals surface area (Å²) in [6.07, 6.45) is 8.14. The highest BCUT2D eigenvalue weighted by atomic mass is 79.9. The second kappa shape index (κ2) is 14.8. The molecule has 0 N–H and O–H groups in total. The number of aryl methyl sites for hydroxylation is 1. The van der Waals surface area contributed by atoms with Crippen molar-refractivity contribution in [3.63, 3.8) is 0 Å². The van der Waals surface area contributed by atoms with E-state index in [1.807, 2.05) is 35.9 Å². The molecule has 0 aliphatic carbocycles. The number of carbonyl (C=O) groups is 2. The predicted octanol–water partition coefficient (Wildman–Crippen LogP) is 7.26. The summed E-state index contributed by atoms with van der Waals surface area (Å²) in [5.41, 5.74) is 4.73. The van der Waals surface area contributed by atoms with Crippen LogP contribution in [0.5, 0.6) is 5.75 Å². The molecule has 7 nitrogen and oxygen atoms in total. The number of hydrogen-bond donors (Lipinski definition) is 0. The molecule has 1 aromatic heterocycles. The molecule has 6 rings (SSSR count). The maximum Gasteiger partial charge on any atom is 0.247 e. The fourth-order valence-electron chi connectivity index (χ4n) is 5.23. The van der Waals surface area contributed by atoms with Crippen molar-refractivity contribution in [3.8, 4) is 11.4 Å². The minimum absolute atomic E-state index is 0.118. The van der Waals surface area contributed by atoms with Crippen molar-refractivity contribution < 1.29 is 31.9 Å². The van der Waals surface area contributed by atoms with Gasteiger partial charge in [0.25, 0.3) is 0 Å². The molecular formula is C35H31BrF4N4O3. The minimum Gasteiger partial charge on any atom is -0.495 e. The van der Waals surface area contributed by atoms with Gasteiger partial charge in [0, 0.05) is 49.0 Å². The first kappa shape index (κ1) is 33.6. The van der Waals surface area contributed by atoms with Crippen molar-refractivity contribution in [3.05, 3.63) is 129 Å². The summed E-state index contributed by atoms with van der Waals surface area (Å²) in [6, 6.07) is 13.2. The Morgan fingerprint density at radius 1 is 0.787 bits per heavy atom. The Hall–Kier alpha value is -4.71. The van der Waals surface area contributed by atoms with Crippen molar-refractivity contribution in [2.24, 2.45) is 0 Å². The van der Waals surface area contributed by atoms with Crippen molar-refractivity contribution in [2.75, 3.05) is 20.2 Å². The molecule has 0 saturated heterocycles. The van der Waals surface area contributed by atoms with Gasteiger partial charge in [-0.3, -0.25) is 9.59 Å². The van der Waals surface area contributed by atoms with Gasteiger partial charge in [0.1, 0.15) is 5.75 Å². The van der Waals surface area contributed by atoms with E-state index in [-0.39, 0.29) is 18.4 Å². The number of imidazole rings is 1. The normalized spacial score (nSPS) is 14.8. The largest absolute Gasteiger partial charge is 0.495 e. The fraction of sp³-hybridized carbons (Fsp3) is 0.229. The van der Waals surface area contributed by atoms with Crippen LogP contribution in [0.1, 0.15) is 35.2 Å². The highest BCUT2D eigenvalue weighted by Crippen LogP contribution is 2.31. The van der Waals surface area contributed by atoms with E-state index >= 15 is 0 Å². The van der Waals surface area contributed by atoms with Crippen LogP contribution in [-0.2, 0) is 22.7 Å². The van der Waals surface area contributed by atoms with E-state index in [9.17, 15) is 27.2 Å². The van der Waals surface area contributed by atoms with E-state index in [1.54, 1.807) is 29.3 Å². The van der Waals surface area contributed by atoms with E-state index in [0.29, 0.717) is 42.9 Å². The van der Waals surface area contributed by atoms with Gasteiger partial charge in [-0.2, -0.15) is 0 Å². The highest BCUT2D eigenvalue weighted by Gasteiger charge is 2.21. The summed E-state index contributed by atoms with van der Waals surface area (Å²) >= 11 is 3.27. The van der Waals surface area contributed by atoms with Crippen molar-refractivity contribution in [2.45, 2.75) is 32.9 Å². The van der Waals surface area contributed by atoms with Gasteiger partial charge >= 0.3 is 0 Å². The van der Waals surface area contributed by atoms with Crippen LogP contribution in [0, 0.1) is 30.2 Å². The Bertz CT molecular complexity index is 1870. The number of methoxy groups -OCH3 is 1. The molecule has 4 aromatic rings. The number of benzene rings is 3. The molecule has 0 unspecified atom stereocenters. The van der Waals surface area contributed by atoms with E-state index < -0.39 is 23.3 Å². The quantitative estimate of drug-likeness (QED) is 0.190. The first-order chi connectivity index (χ1) is 22.5. The predicted molar refractivity (Wildman–Crippen MR) is 173 cm³/mol. The van der Waals surface area contributed by atoms with Crippen LogP contribution in [0.15, 0.2) is 83.8 Å². The molecule has 47 heavy (non-hydrogen) atoms. The second-order valence-electron chi connectivity index (χ2n) is 11.1. The van der Waals surface area contributed by atoms with Gasteiger partial charge in [0.05, 0.1) is 24.8 Å². The Labute approximate surface area is 277 Å². The molecule has 0 bridgehead atoms. The van der Waals surface area contributed by atoms with Gasteiger partial charge in [0.15, 0.2) is 23.3 Å². The molecule has 244 valence electrons. The topological polar surface area (TPSA) is 67.7 Å². The molecule has 2 amide bonds. The number of nitrogens with zero attached hydrogens (tertiary/aromatic N) is 4. The maximum absolute atomic E-state index is 13.4. The third kappa shape index (κ3) is 8.37. The molecule has 0 saturated carbocycles. The fourth-order valence-corrected chi connectivity index (χ4v) is 5.60. The molecule has 12 heteroatoms. The molecule has 0 spiro atoms. The molecule has 3 heterocycles. The Morgan fingerprint density at radius 2 is 1.38 bits per heavy atom. The lowest BCUT2D eigenvalue weighted by molar-refractivity contribution is -0.127. The zero-order chi connectivity index (χ0) is 33.7. The SMILES string of the molecule is COc1cc(C2=CC(=O)N(Cc3ccc(F)c(F)c3)CC2)ccc1-n1cnc(C)c1.O=C1C=C(Br)CCN1Cc1ccc(F)c(F)c1. The third-order valence-corrected chi connectivity index (χ3v) is 8.35. The Balaban J connectivity index is 0.000000216. The summed E-state index contributed by atoms with van der Waals surface area (Å²) in [5, 5.41) is 0. The third-order valence-electron chi connectivity index (χ3n) is 7.73. The smallest absolute Gasteiger partial charge is 0.247 e. The Morgan fingerprint density at radius 3 is 1.89 bits per heavy atom. The van der Waals surface area contributed by atoms with Gasteiger partial charge in [-0.25, -0.2) is 22.5 Å². The summed E-state index contributed by atoms with van der Waals surface area (Å²) in [5.74, 6) is -3.16. The molecule has 0 radical (unpaired) electrons. The van der Waals surface area contributed by atoms with E-state index in [1.165, 1.54) is 18.2 Å². The number of amides is 2. The lowest BCUT2D eigenvalue weighted by atomic mass is 9.98. The number of halogens is 5. The lowest BCUT2D eigenvalue weighted by Gasteiger charge is -2.27. The standard InChI is InChI=1S/C23H21F2N3O2.C12H10BrF2NO/c1-15-12-28(14-26-15)21-6-4-17(10-22(21)30-2)18-7-8-27(23(29)11-18)13-16-3-5-19(24)20(25)9-16;13-9-3-4-16(12(17)6-9)7-8-1-2-10(14)11(15)5-8/h3-6,9-12,14H,7-8,13H2,1-2H3;1-2,5-6H,3-4,7H2. The summed E-state index contributed by atoms with van der Waals surface area (Å²) in [7, 11) is 1.61. The first-order valence-corrected chi connectivity index (χ1v) is 15.5. The number of rotatable bonds is 7. The highest BCUT2D eigenvalue weighted by molar-refractivity contribution is 9.11. The number of hydrogen-bond acceptors (Lipinski definition) is 4. The number of ether oxygens (including phenoxy) is 1. The van der Waals surface area contributed by atoms with Crippen LogP contribution < -0.4 is 4.74 Å². The average molecular weight is 712 g/mol. The van der Waals surface area contributed by atoms with Crippen LogP contribution in [0.3, 0.4) is 0 Å². The zero-order valence-electron chi connectivity index (χ0n) is 25.7. The maximum atomic E-state index is 13.4. The van der Waals surface area contributed by atoms with Gasteiger partial charge < -0.3 is 19.1 Å². The summed E-state index contributed by atoms with van der Waals surface area (Å²) in [4.78, 5) is 31.7.